The highest BCUT2D eigenvalue weighted by Gasteiger charge is 2.34. The van der Waals surface area contributed by atoms with Gasteiger partial charge in [0.2, 0.25) is 0 Å². The van der Waals surface area contributed by atoms with Gasteiger partial charge >= 0.3 is 12.0 Å². The lowest BCUT2D eigenvalue weighted by atomic mass is 10.1. The zero-order chi connectivity index (χ0) is 14.7. The first-order chi connectivity index (χ1) is 9.51. The second-order valence-electron chi connectivity index (χ2n) is 4.37. The Hall–Kier alpha value is -2.63. The number of aryl methyl sites for hydroxylation is 1. The van der Waals surface area contributed by atoms with E-state index < -0.39 is 24.5 Å². The van der Waals surface area contributed by atoms with Gasteiger partial charge in [-0.1, -0.05) is 31.2 Å². The number of carboxylic acid groups (broad SMARTS) is 1. The standard InChI is InChI=1S/C14H14N2O4/c1-2-9-3-5-10(6-4-9)7-11-13(19)16(8-12(17)18)14(20)15-11/h3-7H,2,8H2,1H3,(H,15,20)(H,17,18)/b11-7+. The Labute approximate surface area is 115 Å². The molecule has 0 unspecified atom stereocenters. The van der Waals surface area contributed by atoms with Gasteiger partial charge in [0.05, 0.1) is 0 Å². The lowest BCUT2D eigenvalue weighted by Gasteiger charge is -2.06. The molecule has 0 radical (unpaired) electrons. The molecule has 0 spiro atoms. The Kier molecular flexibility index (Phi) is 3.84. The average molecular weight is 274 g/mol. The maximum atomic E-state index is 11.9. The number of rotatable bonds is 4. The Morgan fingerprint density at radius 2 is 1.95 bits per heavy atom. The van der Waals surface area contributed by atoms with E-state index in [0.717, 1.165) is 12.0 Å². The van der Waals surface area contributed by atoms with Gasteiger partial charge in [-0.15, -0.1) is 0 Å². The van der Waals surface area contributed by atoms with Gasteiger partial charge in [0.25, 0.3) is 5.91 Å². The third-order valence-corrected chi connectivity index (χ3v) is 2.95. The number of carbonyl (C=O) groups is 3. The summed E-state index contributed by atoms with van der Waals surface area (Å²) in [7, 11) is 0. The largest absolute Gasteiger partial charge is 0.480 e. The van der Waals surface area contributed by atoms with Gasteiger partial charge in [-0.25, -0.2) is 9.69 Å². The van der Waals surface area contributed by atoms with Crippen molar-refractivity contribution in [2.24, 2.45) is 0 Å². The van der Waals surface area contributed by atoms with E-state index in [9.17, 15) is 14.4 Å². The molecule has 0 bridgehead atoms. The maximum Gasteiger partial charge on any atom is 0.329 e. The summed E-state index contributed by atoms with van der Waals surface area (Å²) in [5.74, 6) is -1.86. The van der Waals surface area contributed by atoms with E-state index in [4.69, 9.17) is 5.11 Å². The first kappa shape index (κ1) is 13.8. The van der Waals surface area contributed by atoms with Crippen LogP contribution in [0.15, 0.2) is 30.0 Å². The first-order valence-electron chi connectivity index (χ1n) is 6.16. The van der Waals surface area contributed by atoms with Crippen LogP contribution in [0.25, 0.3) is 6.08 Å². The van der Waals surface area contributed by atoms with Crippen LogP contribution in [0.5, 0.6) is 0 Å². The zero-order valence-electron chi connectivity index (χ0n) is 10.9. The summed E-state index contributed by atoms with van der Waals surface area (Å²) >= 11 is 0. The van der Waals surface area contributed by atoms with Crippen LogP contribution in [-0.2, 0) is 16.0 Å². The molecule has 6 nitrogen and oxygen atoms in total. The molecule has 1 heterocycles. The number of carbonyl (C=O) groups excluding carboxylic acids is 2. The Morgan fingerprint density at radius 1 is 1.30 bits per heavy atom. The van der Waals surface area contributed by atoms with Crippen LogP contribution in [0, 0.1) is 0 Å². The summed E-state index contributed by atoms with van der Waals surface area (Å²) in [6.07, 6.45) is 2.44. The Bertz CT molecular complexity index is 590. The minimum absolute atomic E-state index is 0.0838. The molecule has 2 rings (SSSR count). The molecule has 6 heteroatoms. The van der Waals surface area contributed by atoms with Crippen LogP contribution in [0.2, 0.25) is 0 Å². The molecule has 1 saturated heterocycles. The molecule has 0 aromatic heterocycles. The third-order valence-electron chi connectivity index (χ3n) is 2.95. The van der Waals surface area contributed by atoms with Crippen LogP contribution in [0.1, 0.15) is 18.1 Å². The topological polar surface area (TPSA) is 86.7 Å². The van der Waals surface area contributed by atoms with Gasteiger partial charge in [-0.05, 0) is 23.6 Å². The van der Waals surface area contributed by atoms with Gasteiger partial charge in [0.1, 0.15) is 12.2 Å². The van der Waals surface area contributed by atoms with E-state index >= 15 is 0 Å². The predicted octanol–water partition coefficient (Wildman–Crippen LogP) is 1.23. The summed E-state index contributed by atoms with van der Waals surface area (Å²) in [6, 6.07) is 6.83. The summed E-state index contributed by atoms with van der Waals surface area (Å²) in [6.45, 7) is 1.40. The molecule has 1 aliphatic heterocycles. The van der Waals surface area contributed by atoms with Crippen molar-refractivity contribution in [2.45, 2.75) is 13.3 Å². The predicted molar refractivity (Wildman–Crippen MR) is 71.7 cm³/mol. The highest BCUT2D eigenvalue weighted by molar-refractivity contribution is 6.15. The highest BCUT2D eigenvalue weighted by atomic mass is 16.4. The number of imide groups is 1. The summed E-state index contributed by atoms with van der Waals surface area (Å²) in [4.78, 5) is 34.7. The van der Waals surface area contributed by atoms with Crippen molar-refractivity contribution < 1.29 is 19.5 Å². The number of amides is 3. The monoisotopic (exact) mass is 274 g/mol. The maximum absolute atomic E-state index is 11.9. The number of benzene rings is 1. The molecular weight excluding hydrogens is 260 g/mol. The lowest BCUT2D eigenvalue weighted by Crippen LogP contribution is -2.35. The first-order valence-corrected chi connectivity index (χ1v) is 6.16. The normalized spacial score (nSPS) is 16.6. The molecule has 1 aromatic rings. The Balaban J connectivity index is 2.20. The average Bonchev–Trinajstić information content (AvgIpc) is 2.67. The van der Waals surface area contributed by atoms with E-state index in [-0.39, 0.29) is 5.70 Å². The van der Waals surface area contributed by atoms with Crippen molar-refractivity contribution in [1.29, 1.82) is 0 Å². The fraction of sp³-hybridized carbons (Fsp3) is 0.214. The number of urea groups is 1. The number of hydrogen-bond donors (Lipinski definition) is 2. The molecule has 20 heavy (non-hydrogen) atoms. The number of nitrogens with zero attached hydrogens (tertiary/aromatic N) is 1. The lowest BCUT2D eigenvalue weighted by molar-refractivity contribution is -0.140. The molecule has 104 valence electrons. The van der Waals surface area contributed by atoms with E-state index in [2.05, 4.69) is 5.32 Å². The van der Waals surface area contributed by atoms with Crippen molar-refractivity contribution in [3.05, 3.63) is 41.1 Å². The quantitative estimate of drug-likeness (QED) is 0.638. The number of hydrogen-bond acceptors (Lipinski definition) is 3. The third kappa shape index (κ3) is 2.85. The van der Waals surface area contributed by atoms with Crippen LogP contribution in [0.4, 0.5) is 4.79 Å². The van der Waals surface area contributed by atoms with E-state index in [1.54, 1.807) is 0 Å². The Morgan fingerprint density at radius 3 is 2.50 bits per heavy atom. The molecule has 0 atom stereocenters. The van der Waals surface area contributed by atoms with Crippen molar-refractivity contribution in [3.8, 4) is 0 Å². The van der Waals surface area contributed by atoms with E-state index in [1.165, 1.54) is 11.6 Å². The van der Waals surface area contributed by atoms with Gasteiger partial charge in [0.15, 0.2) is 0 Å². The van der Waals surface area contributed by atoms with Crippen LogP contribution in [-0.4, -0.2) is 34.5 Å². The second kappa shape index (κ2) is 5.56. The molecule has 2 N–H and O–H groups in total. The van der Waals surface area contributed by atoms with E-state index in [1.807, 2.05) is 31.2 Å². The highest BCUT2D eigenvalue weighted by Crippen LogP contribution is 2.14. The van der Waals surface area contributed by atoms with Crippen LogP contribution < -0.4 is 5.32 Å². The van der Waals surface area contributed by atoms with Crippen molar-refractivity contribution in [2.75, 3.05) is 6.54 Å². The fourth-order valence-electron chi connectivity index (χ4n) is 1.87. The molecule has 1 fully saturated rings. The molecule has 3 amide bonds. The molecule has 1 aliphatic rings. The van der Waals surface area contributed by atoms with Crippen LogP contribution >= 0.6 is 0 Å². The van der Waals surface area contributed by atoms with Gasteiger partial charge < -0.3 is 10.4 Å². The van der Waals surface area contributed by atoms with Crippen molar-refractivity contribution in [3.63, 3.8) is 0 Å². The molecule has 0 aliphatic carbocycles. The van der Waals surface area contributed by atoms with Crippen molar-refractivity contribution >= 4 is 24.0 Å². The second-order valence-corrected chi connectivity index (χ2v) is 4.37. The fourth-order valence-corrected chi connectivity index (χ4v) is 1.87. The SMILES string of the molecule is CCc1ccc(/C=C2/NC(=O)N(CC(=O)O)C2=O)cc1. The smallest absolute Gasteiger partial charge is 0.329 e. The van der Waals surface area contributed by atoms with Crippen LogP contribution in [0.3, 0.4) is 0 Å². The minimum atomic E-state index is -1.23. The van der Waals surface area contributed by atoms with E-state index in [0.29, 0.717) is 4.90 Å². The summed E-state index contributed by atoms with van der Waals surface area (Å²) in [5, 5.41) is 11.0. The van der Waals surface area contributed by atoms with Gasteiger partial charge in [-0.2, -0.15) is 0 Å². The number of nitrogens with one attached hydrogen (secondary N) is 1. The molecular formula is C14H14N2O4. The minimum Gasteiger partial charge on any atom is -0.480 e. The van der Waals surface area contributed by atoms with Crippen molar-refractivity contribution in [1.82, 2.24) is 10.2 Å². The van der Waals surface area contributed by atoms with Gasteiger partial charge in [0, 0.05) is 0 Å². The van der Waals surface area contributed by atoms with Gasteiger partial charge in [-0.3, -0.25) is 9.59 Å². The summed E-state index contributed by atoms with van der Waals surface area (Å²) in [5.41, 5.74) is 2.02. The molecule has 0 saturated carbocycles. The number of aliphatic carboxylic acids is 1. The summed E-state index contributed by atoms with van der Waals surface area (Å²) < 4.78 is 0. The number of carboxylic acids is 1. The zero-order valence-corrected chi connectivity index (χ0v) is 10.9. The molecule has 1 aromatic carbocycles.